The molecule has 2 heterocycles. The Kier molecular flexibility index (Phi) is 5.50. The first-order chi connectivity index (χ1) is 13.2. The van der Waals surface area contributed by atoms with Gasteiger partial charge in [0.1, 0.15) is 0 Å². The molecular formula is C22H24N2O2S. The molecule has 1 aliphatic heterocycles. The molecule has 140 valence electrons. The Hall–Kier alpha value is -2.24. The largest absolute Gasteiger partial charge is 0.393 e. The predicted molar refractivity (Wildman–Crippen MR) is 109 cm³/mol. The van der Waals surface area contributed by atoms with Crippen LogP contribution in [0.3, 0.4) is 0 Å². The molecule has 1 amide bonds. The molecule has 0 radical (unpaired) electrons. The van der Waals surface area contributed by atoms with Gasteiger partial charge in [0.05, 0.1) is 21.8 Å². The third-order valence-corrected chi connectivity index (χ3v) is 6.33. The lowest BCUT2D eigenvalue weighted by atomic mass is 9.88. The quantitative estimate of drug-likeness (QED) is 0.724. The average Bonchev–Trinajstić information content (AvgIpc) is 3.20. The highest BCUT2D eigenvalue weighted by atomic mass is 32.1. The van der Waals surface area contributed by atoms with E-state index in [1.54, 1.807) is 16.8 Å². The zero-order chi connectivity index (χ0) is 18.6. The summed E-state index contributed by atoms with van der Waals surface area (Å²) in [6, 6.07) is 16.0. The lowest BCUT2D eigenvalue weighted by Crippen LogP contribution is -2.41. The van der Waals surface area contributed by atoms with Gasteiger partial charge in [-0.2, -0.15) is 0 Å². The maximum atomic E-state index is 12.8. The first-order valence-corrected chi connectivity index (χ1v) is 10.4. The van der Waals surface area contributed by atoms with E-state index in [1.165, 1.54) is 5.56 Å². The lowest BCUT2D eigenvalue weighted by Gasteiger charge is -2.34. The number of carbonyl (C=O) groups excluding carboxylic acids is 1. The molecule has 3 aromatic rings. The van der Waals surface area contributed by atoms with Crippen LogP contribution in [0.15, 0.2) is 54.0 Å². The number of aryl methyl sites for hydroxylation is 1. The summed E-state index contributed by atoms with van der Waals surface area (Å²) in [6.45, 7) is 1.42. The molecule has 1 N–H and O–H groups in total. The Labute approximate surface area is 163 Å². The van der Waals surface area contributed by atoms with Gasteiger partial charge in [-0.25, -0.2) is 4.98 Å². The van der Waals surface area contributed by atoms with Gasteiger partial charge in [-0.05, 0) is 55.4 Å². The Balaban J connectivity index is 1.30. The molecule has 0 spiro atoms. The summed E-state index contributed by atoms with van der Waals surface area (Å²) in [4.78, 5) is 19.0. The van der Waals surface area contributed by atoms with E-state index in [-0.39, 0.29) is 17.9 Å². The van der Waals surface area contributed by atoms with Crippen molar-refractivity contribution < 1.29 is 9.90 Å². The van der Waals surface area contributed by atoms with Gasteiger partial charge in [0.15, 0.2) is 0 Å². The van der Waals surface area contributed by atoms with Gasteiger partial charge in [0.2, 0.25) is 0 Å². The van der Waals surface area contributed by atoms with Crippen LogP contribution in [0.5, 0.6) is 0 Å². The molecule has 0 bridgehead atoms. The molecule has 1 aromatic heterocycles. The first-order valence-electron chi connectivity index (χ1n) is 9.55. The summed E-state index contributed by atoms with van der Waals surface area (Å²) in [5.41, 5.74) is 4.66. The molecular weight excluding hydrogens is 356 g/mol. The number of hydrogen-bond acceptors (Lipinski definition) is 4. The summed E-state index contributed by atoms with van der Waals surface area (Å²) in [5.74, 6) is 0.348. The van der Waals surface area contributed by atoms with Crippen molar-refractivity contribution in [2.75, 3.05) is 13.1 Å². The number of aliphatic hydroxyl groups excluding tert-OH is 1. The molecule has 0 aliphatic carbocycles. The van der Waals surface area contributed by atoms with E-state index >= 15 is 0 Å². The van der Waals surface area contributed by atoms with Crippen molar-refractivity contribution >= 4 is 27.5 Å². The second-order valence-corrected chi connectivity index (χ2v) is 8.14. The number of rotatable bonds is 5. The van der Waals surface area contributed by atoms with E-state index in [4.69, 9.17) is 0 Å². The van der Waals surface area contributed by atoms with Crippen LogP contribution >= 0.6 is 11.3 Å². The number of nitrogens with zero attached hydrogens (tertiary/aromatic N) is 2. The van der Waals surface area contributed by atoms with Crippen molar-refractivity contribution in [3.63, 3.8) is 0 Å². The maximum Gasteiger partial charge on any atom is 0.253 e. The molecule has 0 saturated carbocycles. The first kappa shape index (κ1) is 18.1. The standard InChI is InChI=1S/C22H24N2O2S/c25-20(8-6-16-4-2-1-3-5-16)17-10-12-24(13-11-17)22(26)18-7-9-21-19(14-18)23-15-27-21/h1-5,7,9,14-15,17,20,25H,6,8,10-13H2/t20-/m1/s1. The number of carbonyl (C=O) groups is 1. The van der Waals surface area contributed by atoms with Crippen LogP contribution in [0, 0.1) is 5.92 Å². The van der Waals surface area contributed by atoms with E-state index in [1.807, 2.05) is 41.3 Å². The average molecular weight is 381 g/mol. The number of benzene rings is 2. The second-order valence-electron chi connectivity index (χ2n) is 7.26. The van der Waals surface area contributed by atoms with E-state index in [9.17, 15) is 9.90 Å². The number of amides is 1. The molecule has 1 atom stereocenters. The molecule has 27 heavy (non-hydrogen) atoms. The second kappa shape index (κ2) is 8.19. The number of piperidine rings is 1. The monoisotopic (exact) mass is 380 g/mol. The van der Waals surface area contributed by atoms with Gasteiger partial charge in [0.25, 0.3) is 5.91 Å². The summed E-state index contributed by atoms with van der Waals surface area (Å²) >= 11 is 1.59. The van der Waals surface area contributed by atoms with Crippen LogP contribution in [0.2, 0.25) is 0 Å². The summed E-state index contributed by atoms with van der Waals surface area (Å²) in [5, 5.41) is 10.6. The molecule has 1 fully saturated rings. The van der Waals surface area contributed by atoms with Gasteiger partial charge < -0.3 is 10.0 Å². The zero-order valence-corrected chi connectivity index (χ0v) is 16.1. The van der Waals surface area contributed by atoms with E-state index < -0.39 is 0 Å². The van der Waals surface area contributed by atoms with Crippen LogP contribution in [-0.4, -0.2) is 40.1 Å². The normalized spacial score (nSPS) is 16.6. The van der Waals surface area contributed by atoms with Crippen molar-refractivity contribution in [2.24, 2.45) is 5.92 Å². The fourth-order valence-corrected chi connectivity index (χ4v) is 4.51. The fourth-order valence-electron chi connectivity index (χ4n) is 3.86. The third-order valence-electron chi connectivity index (χ3n) is 5.52. The van der Waals surface area contributed by atoms with E-state index in [2.05, 4.69) is 17.1 Å². The zero-order valence-electron chi connectivity index (χ0n) is 15.3. The van der Waals surface area contributed by atoms with Crippen molar-refractivity contribution in [2.45, 2.75) is 31.8 Å². The minimum Gasteiger partial charge on any atom is -0.393 e. The number of fused-ring (bicyclic) bond motifs is 1. The Morgan fingerprint density at radius 3 is 2.74 bits per heavy atom. The van der Waals surface area contributed by atoms with Crippen LogP contribution < -0.4 is 0 Å². The number of aliphatic hydroxyl groups is 1. The van der Waals surface area contributed by atoms with Crippen molar-refractivity contribution in [3.05, 3.63) is 65.2 Å². The summed E-state index contributed by atoms with van der Waals surface area (Å²) < 4.78 is 1.10. The molecule has 4 rings (SSSR count). The molecule has 1 aliphatic rings. The highest BCUT2D eigenvalue weighted by molar-refractivity contribution is 7.16. The smallest absolute Gasteiger partial charge is 0.253 e. The Morgan fingerprint density at radius 1 is 1.19 bits per heavy atom. The van der Waals surface area contributed by atoms with Crippen molar-refractivity contribution in [1.82, 2.24) is 9.88 Å². The minimum atomic E-state index is -0.297. The molecule has 2 aromatic carbocycles. The number of hydrogen-bond donors (Lipinski definition) is 1. The Morgan fingerprint density at radius 2 is 1.96 bits per heavy atom. The molecule has 1 saturated heterocycles. The lowest BCUT2D eigenvalue weighted by molar-refractivity contribution is 0.0437. The topological polar surface area (TPSA) is 53.4 Å². The number of likely N-dealkylation sites (tertiary alicyclic amines) is 1. The molecule has 5 heteroatoms. The van der Waals surface area contributed by atoms with E-state index in [0.717, 1.165) is 35.9 Å². The molecule has 0 unspecified atom stereocenters. The van der Waals surface area contributed by atoms with E-state index in [0.29, 0.717) is 18.7 Å². The van der Waals surface area contributed by atoms with Crippen LogP contribution in [0.25, 0.3) is 10.2 Å². The molecule has 4 nitrogen and oxygen atoms in total. The third kappa shape index (κ3) is 4.20. The van der Waals surface area contributed by atoms with Crippen LogP contribution in [0.4, 0.5) is 0 Å². The summed E-state index contributed by atoms with van der Waals surface area (Å²) in [6.07, 6.45) is 3.10. The number of aromatic nitrogens is 1. The van der Waals surface area contributed by atoms with Gasteiger partial charge in [-0.1, -0.05) is 30.3 Å². The Bertz CT molecular complexity index is 901. The van der Waals surface area contributed by atoms with Crippen molar-refractivity contribution in [1.29, 1.82) is 0 Å². The minimum absolute atomic E-state index is 0.0714. The van der Waals surface area contributed by atoms with Gasteiger partial charge in [-0.15, -0.1) is 11.3 Å². The predicted octanol–water partition coefficient (Wildman–Crippen LogP) is 4.14. The van der Waals surface area contributed by atoms with Crippen molar-refractivity contribution in [3.8, 4) is 0 Å². The number of thiazole rings is 1. The SMILES string of the molecule is O=C(c1ccc2scnc2c1)N1CCC([C@H](O)CCc2ccccc2)CC1. The maximum absolute atomic E-state index is 12.8. The van der Waals surface area contributed by atoms with Gasteiger partial charge in [0, 0.05) is 18.7 Å². The fraction of sp³-hybridized carbons (Fsp3) is 0.364. The highest BCUT2D eigenvalue weighted by Crippen LogP contribution is 2.26. The van der Waals surface area contributed by atoms with Crippen LogP contribution in [0.1, 0.15) is 35.2 Å². The highest BCUT2D eigenvalue weighted by Gasteiger charge is 2.27. The van der Waals surface area contributed by atoms with Gasteiger partial charge in [-0.3, -0.25) is 4.79 Å². The van der Waals surface area contributed by atoms with Gasteiger partial charge >= 0.3 is 0 Å². The summed E-state index contributed by atoms with van der Waals surface area (Å²) in [7, 11) is 0. The van der Waals surface area contributed by atoms with Crippen LogP contribution in [-0.2, 0) is 6.42 Å².